The predicted octanol–water partition coefficient (Wildman–Crippen LogP) is 5.10. The highest BCUT2D eigenvalue weighted by Gasteiger charge is 2.23. The van der Waals surface area contributed by atoms with Crippen molar-refractivity contribution in [3.05, 3.63) is 89.6 Å². The average molecular weight is 543 g/mol. The third kappa shape index (κ3) is 5.56. The van der Waals surface area contributed by atoms with Gasteiger partial charge in [0.25, 0.3) is 0 Å². The van der Waals surface area contributed by atoms with Crippen molar-refractivity contribution in [1.29, 1.82) is 0 Å². The first-order chi connectivity index (χ1) is 18.9. The first kappa shape index (κ1) is 24.9. The molecule has 5 aromatic heterocycles. The molecular weight excluding hydrogens is 516 g/mol. The molecule has 0 spiro atoms. The number of imidazole rings is 2. The van der Waals surface area contributed by atoms with Crippen molar-refractivity contribution < 1.29 is 9.53 Å². The number of halogens is 1. The van der Waals surface area contributed by atoms with Gasteiger partial charge in [-0.15, -0.1) is 0 Å². The second-order valence-electron chi connectivity index (χ2n) is 9.46. The van der Waals surface area contributed by atoms with Crippen LogP contribution in [-0.2, 0) is 22.5 Å². The molecule has 11 heteroatoms. The van der Waals surface area contributed by atoms with Crippen molar-refractivity contribution in [3.8, 4) is 0 Å². The van der Waals surface area contributed by atoms with Gasteiger partial charge in [0, 0.05) is 29.7 Å². The van der Waals surface area contributed by atoms with Crippen molar-refractivity contribution in [3.63, 3.8) is 0 Å². The molecule has 0 bridgehead atoms. The van der Waals surface area contributed by atoms with E-state index in [2.05, 4.69) is 54.9 Å². The minimum Gasteiger partial charge on any atom is -0.491 e. The summed E-state index contributed by atoms with van der Waals surface area (Å²) in [4.78, 5) is 31.0. The minimum absolute atomic E-state index is 0.0510. The molecule has 0 saturated heterocycles. The maximum atomic E-state index is 12.9. The number of hydrogen-bond acceptors (Lipinski definition) is 7. The largest absolute Gasteiger partial charge is 0.491 e. The number of fused-ring (bicyclic) bond motifs is 2. The zero-order valence-electron chi connectivity index (χ0n) is 21.4. The Morgan fingerprint density at radius 1 is 1.13 bits per heavy atom. The van der Waals surface area contributed by atoms with Gasteiger partial charge in [-0.1, -0.05) is 24.2 Å². The van der Waals surface area contributed by atoms with E-state index in [1.54, 1.807) is 30.7 Å². The summed E-state index contributed by atoms with van der Waals surface area (Å²) in [6, 6.07) is 9.42. The molecular formula is C28H27ClN8O2. The number of carbonyl (C=O) groups excluding carboxylic acids is 1. The Morgan fingerprint density at radius 2 is 1.97 bits per heavy atom. The Hall–Kier alpha value is -4.44. The number of nitrogens with zero attached hydrogens (tertiary/aromatic N) is 6. The number of pyridine rings is 2. The lowest BCUT2D eigenvalue weighted by Gasteiger charge is -2.12. The maximum absolute atomic E-state index is 12.9. The van der Waals surface area contributed by atoms with Crippen LogP contribution in [0.4, 0.5) is 11.6 Å². The van der Waals surface area contributed by atoms with E-state index in [1.165, 1.54) is 18.4 Å². The topological polar surface area (TPSA) is 111 Å². The number of anilines is 2. The zero-order valence-corrected chi connectivity index (χ0v) is 22.1. The molecule has 5 heterocycles. The molecule has 1 aliphatic rings. The molecule has 10 nitrogen and oxygen atoms in total. The highest BCUT2D eigenvalue weighted by molar-refractivity contribution is 6.30. The standard InChI is InChI=1S/C28H27ClN8O2/c1-3-39-17(2)28-34-24(30-13-21-15-37-14-19(18-4-5-18)6-7-26(37)32-21)12-25(35-28)33-27(38)11-22-23-10-20(29)8-9-36(23)16-31-22/h6-10,12,14-16,18H,2-5,11,13H2,1H3,(H2,30,33,34,35,38). The van der Waals surface area contributed by atoms with Crippen molar-refractivity contribution in [1.82, 2.24) is 28.7 Å². The van der Waals surface area contributed by atoms with Gasteiger partial charge in [-0.3, -0.25) is 4.79 Å². The molecule has 0 aliphatic heterocycles. The van der Waals surface area contributed by atoms with E-state index in [0.29, 0.717) is 47.2 Å². The van der Waals surface area contributed by atoms with Crippen molar-refractivity contribution >= 4 is 46.1 Å². The smallest absolute Gasteiger partial charge is 0.231 e. The Balaban J connectivity index is 1.19. The predicted molar refractivity (Wildman–Crippen MR) is 150 cm³/mol. The van der Waals surface area contributed by atoms with Gasteiger partial charge in [0.1, 0.15) is 17.3 Å². The van der Waals surface area contributed by atoms with E-state index in [9.17, 15) is 4.79 Å². The van der Waals surface area contributed by atoms with Crippen LogP contribution < -0.4 is 10.6 Å². The fraction of sp³-hybridized carbons (Fsp3) is 0.250. The lowest BCUT2D eigenvalue weighted by Crippen LogP contribution is -2.17. The van der Waals surface area contributed by atoms with Crippen LogP contribution in [0.15, 0.2) is 61.8 Å². The van der Waals surface area contributed by atoms with E-state index in [1.807, 2.05) is 17.5 Å². The van der Waals surface area contributed by atoms with Crippen molar-refractivity contribution in [2.75, 3.05) is 17.2 Å². The minimum atomic E-state index is -0.278. The first-order valence-electron chi connectivity index (χ1n) is 12.8. The molecule has 1 fully saturated rings. The monoisotopic (exact) mass is 542 g/mol. The van der Waals surface area contributed by atoms with Crippen LogP contribution in [0.5, 0.6) is 0 Å². The van der Waals surface area contributed by atoms with E-state index in [0.717, 1.165) is 16.9 Å². The quantitative estimate of drug-likeness (QED) is 0.236. The molecule has 0 atom stereocenters. The van der Waals surface area contributed by atoms with Crippen LogP contribution in [0, 0.1) is 0 Å². The number of nitrogens with one attached hydrogen (secondary N) is 2. The Labute approximate surface area is 229 Å². The molecule has 6 rings (SSSR count). The van der Waals surface area contributed by atoms with Crippen molar-refractivity contribution in [2.45, 2.75) is 38.6 Å². The van der Waals surface area contributed by atoms with Crippen LogP contribution in [0.3, 0.4) is 0 Å². The number of hydrogen-bond donors (Lipinski definition) is 2. The third-order valence-corrected chi connectivity index (χ3v) is 6.73. The summed E-state index contributed by atoms with van der Waals surface area (Å²) in [5.74, 6) is 1.81. The van der Waals surface area contributed by atoms with Gasteiger partial charge in [0.2, 0.25) is 5.91 Å². The van der Waals surface area contributed by atoms with Gasteiger partial charge in [-0.2, -0.15) is 0 Å². The van der Waals surface area contributed by atoms with E-state index < -0.39 is 0 Å². The van der Waals surface area contributed by atoms with Crippen LogP contribution in [-0.4, -0.2) is 41.3 Å². The second kappa shape index (κ2) is 10.4. The summed E-state index contributed by atoms with van der Waals surface area (Å²) in [6.45, 7) is 6.64. The molecule has 2 N–H and O–H groups in total. The number of aromatic nitrogens is 6. The van der Waals surface area contributed by atoms with Gasteiger partial charge in [0.15, 0.2) is 11.6 Å². The van der Waals surface area contributed by atoms with Crippen molar-refractivity contribution in [2.24, 2.45) is 0 Å². The fourth-order valence-corrected chi connectivity index (χ4v) is 4.60. The molecule has 198 valence electrons. The Morgan fingerprint density at radius 3 is 2.79 bits per heavy atom. The summed E-state index contributed by atoms with van der Waals surface area (Å²) in [5.41, 5.74) is 4.48. The van der Waals surface area contributed by atoms with Crippen LogP contribution in [0.2, 0.25) is 5.02 Å². The molecule has 0 unspecified atom stereocenters. The summed E-state index contributed by atoms with van der Waals surface area (Å²) in [5, 5.41) is 6.72. The molecule has 0 aromatic carbocycles. The van der Waals surface area contributed by atoms with Crippen LogP contribution in [0.1, 0.15) is 48.5 Å². The first-order valence-corrected chi connectivity index (χ1v) is 13.2. The molecule has 1 amide bonds. The molecule has 39 heavy (non-hydrogen) atoms. The van der Waals surface area contributed by atoms with Gasteiger partial charge in [0.05, 0.1) is 42.8 Å². The van der Waals surface area contributed by atoms with Gasteiger partial charge < -0.3 is 24.2 Å². The number of carbonyl (C=O) groups is 1. The molecule has 0 radical (unpaired) electrons. The highest BCUT2D eigenvalue weighted by atomic mass is 35.5. The zero-order chi connectivity index (χ0) is 26.9. The van der Waals surface area contributed by atoms with Gasteiger partial charge >= 0.3 is 0 Å². The van der Waals surface area contributed by atoms with E-state index in [-0.39, 0.29) is 18.2 Å². The Kier molecular flexibility index (Phi) is 6.62. The number of rotatable bonds is 10. The summed E-state index contributed by atoms with van der Waals surface area (Å²) < 4.78 is 9.40. The second-order valence-corrected chi connectivity index (χ2v) is 9.90. The van der Waals surface area contributed by atoms with Gasteiger partial charge in [-0.25, -0.2) is 19.9 Å². The lowest BCUT2D eigenvalue weighted by atomic mass is 10.2. The van der Waals surface area contributed by atoms with Gasteiger partial charge in [-0.05, 0) is 49.4 Å². The average Bonchev–Trinajstić information content (AvgIpc) is 3.58. The summed E-state index contributed by atoms with van der Waals surface area (Å²) in [7, 11) is 0. The molecule has 1 saturated carbocycles. The summed E-state index contributed by atoms with van der Waals surface area (Å²) >= 11 is 6.13. The van der Waals surface area contributed by atoms with Crippen LogP contribution >= 0.6 is 11.6 Å². The SMILES string of the molecule is C=C(OCC)c1nc(NCc2cn3cc(C4CC4)ccc3n2)cc(NC(=O)Cc2ncn3ccc(Cl)cc23)n1. The van der Waals surface area contributed by atoms with Crippen LogP contribution in [0.25, 0.3) is 16.9 Å². The molecule has 1 aliphatic carbocycles. The third-order valence-electron chi connectivity index (χ3n) is 6.49. The number of amides is 1. The normalized spacial score (nSPS) is 13.1. The molecule has 5 aromatic rings. The number of ether oxygens (including phenoxy) is 1. The summed E-state index contributed by atoms with van der Waals surface area (Å²) in [6.07, 6.45) is 10.2. The lowest BCUT2D eigenvalue weighted by molar-refractivity contribution is -0.115. The Bertz CT molecular complexity index is 1700. The fourth-order valence-electron chi connectivity index (χ4n) is 4.44. The van der Waals surface area contributed by atoms with E-state index >= 15 is 0 Å². The highest BCUT2D eigenvalue weighted by Crippen LogP contribution is 2.39. The van der Waals surface area contributed by atoms with E-state index in [4.69, 9.17) is 21.3 Å². The maximum Gasteiger partial charge on any atom is 0.231 e.